The molecule has 0 radical (unpaired) electrons. The summed E-state index contributed by atoms with van der Waals surface area (Å²) in [6.45, 7) is 3.48. The van der Waals surface area contributed by atoms with Crippen LogP contribution in [-0.4, -0.2) is 9.55 Å². The fourth-order valence-corrected chi connectivity index (χ4v) is 5.41. The largest absolute Gasteiger partial charge is 0.337 e. The fourth-order valence-electron chi connectivity index (χ4n) is 4.92. The number of nitrogens with zero attached hydrogens (tertiary/aromatic N) is 2. The summed E-state index contributed by atoms with van der Waals surface area (Å²) in [7, 11) is 0. The number of aryl methyl sites for hydroxylation is 1. The van der Waals surface area contributed by atoms with Crippen molar-refractivity contribution in [3.63, 3.8) is 0 Å². The topological polar surface area (TPSA) is 17.8 Å². The van der Waals surface area contributed by atoms with Crippen LogP contribution in [0.1, 0.15) is 49.3 Å². The Morgan fingerprint density at radius 1 is 1.41 bits per heavy atom. The summed E-state index contributed by atoms with van der Waals surface area (Å²) in [5.41, 5.74) is 5.33. The average molecular weight is 359 g/mol. The minimum absolute atomic E-state index is 0.413. The lowest BCUT2D eigenvalue weighted by atomic mass is 9.59. The first-order chi connectivity index (χ1) is 10.7. The SMILES string of the molecule is CCC12CCCc3ccc(Br)c(c31)CC(Cn1ccnc1)C2. The van der Waals surface area contributed by atoms with Crippen LogP contribution >= 0.6 is 15.9 Å². The number of aromatic nitrogens is 2. The molecule has 0 spiro atoms. The predicted molar refractivity (Wildman–Crippen MR) is 93.1 cm³/mol. The normalized spacial score (nSPS) is 26.7. The van der Waals surface area contributed by atoms with Crippen LogP contribution in [0.2, 0.25) is 0 Å². The quantitative estimate of drug-likeness (QED) is 0.763. The Hall–Kier alpha value is -1.09. The van der Waals surface area contributed by atoms with Crippen molar-refractivity contribution in [3.8, 4) is 0 Å². The third-order valence-electron chi connectivity index (χ3n) is 5.85. The number of imidazole rings is 1. The molecule has 3 heteroatoms. The van der Waals surface area contributed by atoms with Crippen LogP contribution in [0.5, 0.6) is 0 Å². The molecule has 2 unspecified atom stereocenters. The van der Waals surface area contributed by atoms with Gasteiger partial charge >= 0.3 is 0 Å². The molecule has 0 aliphatic heterocycles. The smallest absolute Gasteiger partial charge is 0.0945 e. The molecule has 116 valence electrons. The molecule has 2 atom stereocenters. The molecule has 0 saturated heterocycles. The summed E-state index contributed by atoms with van der Waals surface area (Å²) in [5.74, 6) is 0.714. The molecule has 1 aromatic carbocycles. The third-order valence-corrected chi connectivity index (χ3v) is 6.59. The van der Waals surface area contributed by atoms with Gasteiger partial charge < -0.3 is 4.57 Å². The molecule has 0 saturated carbocycles. The van der Waals surface area contributed by atoms with Crippen LogP contribution in [0.25, 0.3) is 0 Å². The lowest BCUT2D eigenvalue weighted by Gasteiger charge is -2.46. The van der Waals surface area contributed by atoms with Crippen LogP contribution in [0.4, 0.5) is 0 Å². The first-order valence-electron chi connectivity index (χ1n) is 8.48. The van der Waals surface area contributed by atoms with Gasteiger partial charge in [0.2, 0.25) is 0 Å². The zero-order valence-corrected chi connectivity index (χ0v) is 14.8. The zero-order valence-electron chi connectivity index (χ0n) is 13.2. The van der Waals surface area contributed by atoms with E-state index >= 15 is 0 Å². The zero-order chi connectivity index (χ0) is 15.2. The van der Waals surface area contributed by atoms with E-state index in [9.17, 15) is 0 Å². The van der Waals surface area contributed by atoms with Crippen molar-refractivity contribution in [2.45, 2.75) is 57.4 Å². The molecule has 2 aliphatic rings. The summed E-state index contributed by atoms with van der Waals surface area (Å²) < 4.78 is 3.57. The van der Waals surface area contributed by atoms with Gasteiger partial charge in [0.05, 0.1) is 6.33 Å². The van der Waals surface area contributed by atoms with Crippen molar-refractivity contribution in [2.75, 3.05) is 0 Å². The maximum Gasteiger partial charge on any atom is 0.0945 e. The van der Waals surface area contributed by atoms with E-state index < -0.39 is 0 Å². The predicted octanol–water partition coefficient (Wildman–Crippen LogP) is 4.89. The van der Waals surface area contributed by atoms with Gasteiger partial charge in [0.25, 0.3) is 0 Å². The molecule has 4 rings (SSSR count). The number of hydrogen-bond donors (Lipinski definition) is 0. The summed E-state index contributed by atoms with van der Waals surface area (Å²) >= 11 is 3.84. The highest BCUT2D eigenvalue weighted by molar-refractivity contribution is 9.10. The summed E-state index contributed by atoms with van der Waals surface area (Å²) in [4.78, 5) is 4.21. The van der Waals surface area contributed by atoms with Crippen LogP contribution in [0.3, 0.4) is 0 Å². The van der Waals surface area contributed by atoms with Gasteiger partial charge in [0, 0.05) is 23.4 Å². The minimum atomic E-state index is 0.413. The first-order valence-corrected chi connectivity index (χ1v) is 9.27. The Bertz CT molecular complexity index is 677. The number of rotatable bonds is 3. The minimum Gasteiger partial charge on any atom is -0.337 e. The molecule has 1 aromatic heterocycles. The van der Waals surface area contributed by atoms with Gasteiger partial charge in [-0.25, -0.2) is 4.98 Å². The number of benzene rings is 1. The van der Waals surface area contributed by atoms with E-state index in [0.717, 1.165) is 6.54 Å². The van der Waals surface area contributed by atoms with Gasteiger partial charge in [-0.15, -0.1) is 0 Å². The Labute approximate surface area is 141 Å². The van der Waals surface area contributed by atoms with E-state index in [1.807, 2.05) is 12.5 Å². The number of halogens is 1. The van der Waals surface area contributed by atoms with Crippen molar-refractivity contribution in [3.05, 3.63) is 52.0 Å². The lowest BCUT2D eigenvalue weighted by Crippen LogP contribution is -2.39. The van der Waals surface area contributed by atoms with Crippen molar-refractivity contribution in [2.24, 2.45) is 5.92 Å². The van der Waals surface area contributed by atoms with E-state index in [-0.39, 0.29) is 0 Å². The molecule has 0 amide bonds. The van der Waals surface area contributed by atoms with Crippen molar-refractivity contribution in [1.82, 2.24) is 9.55 Å². The van der Waals surface area contributed by atoms with Gasteiger partial charge in [-0.1, -0.05) is 28.9 Å². The second-order valence-corrected chi connectivity index (χ2v) is 7.94. The Kier molecular flexibility index (Phi) is 3.64. The molecule has 0 fully saturated rings. The maximum atomic E-state index is 4.21. The number of hydrogen-bond acceptors (Lipinski definition) is 1. The fraction of sp³-hybridized carbons (Fsp3) is 0.526. The highest BCUT2D eigenvalue weighted by Gasteiger charge is 2.42. The summed E-state index contributed by atoms with van der Waals surface area (Å²) in [6, 6.07) is 4.64. The van der Waals surface area contributed by atoms with E-state index in [4.69, 9.17) is 0 Å². The Morgan fingerprint density at radius 2 is 2.32 bits per heavy atom. The highest BCUT2D eigenvalue weighted by atomic mass is 79.9. The maximum absolute atomic E-state index is 4.21. The molecule has 22 heavy (non-hydrogen) atoms. The van der Waals surface area contributed by atoms with Crippen molar-refractivity contribution < 1.29 is 0 Å². The van der Waals surface area contributed by atoms with Crippen LogP contribution in [-0.2, 0) is 24.8 Å². The summed E-state index contributed by atoms with van der Waals surface area (Å²) in [5, 5.41) is 0. The lowest BCUT2D eigenvalue weighted by molar-refractivity contribution is 0.225. The highest BCUT2D eigenvalue weighted by Crippen LogP contribution is 2.51. The standard InChI is InChI=1S/C19H23BrN2/c1-2-19-7-3-4-15-5-6-17(20)16(18(15)19)10-14(11-19)12-22-9-8-21-13-22/h5-6,8-9,13-14H,2-4,7,10-12H2,1H3. The molecule has 2 aromatic rings. The second kappa shape index (κ2) is 5.52. The van der Waals surface area contributed by atoms with Crippen LogP contribution in [0, 0.1) is 5.92 Å². The average Bonchev–Trinajstić information content (AvgIpc) is 3.03. The van der Waals surface area contributed by atoms with Gasteiger partial charge in [-0.2, -0.15) is 0 Å². The summed E-state index contributed by atoms with van der Waals surface area (Å²) in [6.07, 6.45) is 13.7. The second-order valence-electron chi connectivity index (χ2n) is 7.08. The van der Waals surface area contributed by atoms with E-state index in [1.54, 1.807) is 16.7 Å². The molecule has 0 N–H and O–H groups in total. The van der Waals surface area contributed by atoms with E-state index in [1.165, 1.54) is 43.0 Å². The molecule has 2 nitrogen and oxygen atoms in total. The van der Waals surface area contributed by atoms with Gasteiger partial charge in [0.1, 0.15) is 0 Å². The van der Waals surface area contributed by atoms with E-state index in [2.05, 4.69) is 50.7 Å². The third kappa shape index (κ3) is 2.25. The van der Waals surface area contributed by atoms with E-state index in [0.29, 0.717) is 11.3 Å². The Morgan fingerprint density at radius 3 is 3.09 bits per heavy atom. The van der Waals surface area contributed by atoms with Gasteiger partial charge in [-0.3, -0.25) is 0 Å². The first kappa shape index (κ1) is 14.5. The van der Waals surface area contributed by atoms with Crippen LogP contribution < -0.4 is 0 Å². The molecule has 0 bridgehead atoms. The monoisotopic (exact) mass is 358 g/mol. The van der Waals surface area contributed by atoms with Crippen LogP contribution in [0.15, 0.2) is 35.3 Å². The van der Waals surface area contributed by atoms with Gasteiger partial charge in [-0.05, 0) is 72.6 Å². The van der Waals surface area contributed by atoms with Gasteiger partial charge in [0.15, 0.2) is 0 Å². The Balaban J connectivity index is 1.77. The molecular formula is C19H23BrN2. The molecule has 2 aliphatic carbocycles. The molecule has 1 heterocycles. The molecular weight excluding hydrogens is 336 g/mol. The van der Waals surface area contributed by atoms with Crippen molar-refractivity contribution in [1.29, 1.82) is 0 Å². The van der Waals surface area contributed by atoms with Crippen molar-refractivity contribution >= 4 is 15.9 Å².